The topological polar surface area (TPSA) is 41.1 Å². The van der Waals surface area contributed by atoms with Crippen LogP contribution in [0.3, 0.4) is 0 Å². The molecule has 1 aliphatic carbocycles. The first-order valence-corrected chi connectivity index (χ1v) is 8.33. The number of hydrogen-bond acceptors (Lipinski definition) is 2. The Balaban J connectivity index is 0.00000176. The Morgan fingerprint density at radius 1 is 1.27 bits per heavy atom. The van der Waals surface area contributed by atoms with Crippen molar-refractivity contribution in [2.24, 2.45) is 11.8 Å². The maximum absolute atomic E-state index is 12.1. The van der Waals surface area contributed by atoms with Gasteiger partial charge in [-0.1, -0.05) is 23.2 Å². The first kappa shape index (κ1) is 17.9. The van der Waals surface area contributed by atoms with Gasteiger partial charge in [0.25, 0.3) is 0 Å². The number of nitrogens with one attached hydrogen (secondary N) is 2. The molecule has 22 heavy (non-hydrogen) atoms. The van der Waals surface area contributed by atoms with Crippen LogP contribution >= 0.6 is 35.6 Å². The monoisotopic (exact) mass is 362 g/mol. The van der Waals surface area contributed by atoms with Crippen molar-refractivity contribution in [3.05, 3.63) is 33.8 Å². The second-order valence-corrected chi connectivity index (χ2v) is 6.96. The van der Waals surface area contributed by atoms with E-state index in [1.165, 1.54) is 6.42 Å². The molecule has 1 aromatic rings. The Bertz CT molecular complexity index is 512. The third kappa shape index (κ3) is 4.51. The molecule has 1 aromatic carbocycles. The second-order valence-electron chi connectivity index (χ2n) is 6.09. The second kappa shape index (κ2) is 7.87. The van der Waals surface area contributed by atoms with E-state index in [-0.39, 0.29) is 30.2 Å². The highest BCUT2D eigenvalue weighted by atomic mass is 35.5. The Labute approximate surface area is 147 Å². The maximum Gasteiger partial charge on any atom is 0.223 e. The van der Waals surface area contributed by atoms with Gasteiger partial charge in [0.1, 0.15) is 0 Å². The summed E-state index contributed by atoms with van der Waals surface area (Å²) in [7, 11) is 0. The van der Waals surface area contributed by atoms with Gasteiger partial charge in [-0.05, 0) is 68.0 Å². The highest BCUT2D eigenvalue weighted by Gasteiger charge is 2.43. The first-order valence-electron chi connectivity index (χ1n) is 7.58. The molecule has 1 aliphatic heterocycles. The van der Waals surface area contributed by atoms with E-state index in [9.17, 15) is 4.79 Å². The normalized spacial score (nSPS) is 26.4. The molecule has 1 saturated carbocycles. The fourth-order valence-electron chi connectivity index (χ4n) is 3.13. The fourth-order valence-corrected chi connectivity index (χ4v) is 3.68. The van der Waals surface area contributed by atoms with Crippen LogP contribution in [0.1, 0.15) is 30.7 Å². The lowest BCUT2D eigenvalue weighted by molar-refractivity contribution is -0.122. The number of amides is 1. The largest absolute Gasteiger partial charge is 0.356 e. The summed E-state index contributed by atoms with van der Waals surface area (Å²) in [5, 5.41) is 7.69. The molecule has 6 heteroatoms. The van der Waals surface area contributed by atoms with Crippen molar-refractivity contribution in [2.75, 3.05) is 19.6 Å². The van der Waals surface area contributed by atoms with Crippen molar-refractivity contribution < 1.29 is 4.79 Å². The minimum atomic E-state index is 0. The molecule has 2 fully saturated rings. The van der Waals surface area contributed by atoms with Gasteiger partial charge in [-0.2, -0.15) is 0 Å². The van der Waals surface area contributed by atoms with Gasteiger partial charge in [0.05, 0.1) is 0 Å². The van der Waals surface area contributed by atoms with E-state index in [1.807, 2.05) is 12.1 Å². The van der Waals surface area contributed by atoms with Crippen molar-refractivity contribution in [2.45, 2.75) is 25.2 Å². The molecule has 2 aliphatic rings. The van der Waals surface area contributed by atoms with Gasteiger partial charge in [-0.3, -0.25) is 4.79 Å². The van der Waals surface area contributed by atoms with Crippen molar-refractivity contribution in [3.8, 4) is 0 Å². The van der Waals surface area contributed by atoms with Crippen molar-refractivity contribution >= 4 is 41.5 Å². The molecule has 0 radical (unpaired) electrons. The molecule has 3 rings (SSSR count). The van der Waals surface area contributed by atoms with Gasteiger partial charge >= 0.3 is 0 Å². The molecular weight excluding hydrogens is 343 g/mol. The zero-order chi connectivity index (χ0) is 14.8. The van der Waals surface area contributed by atoms with Gasteiger partial charge in [0.2, 0.25) is 5.91 Å². The third-order valence-corrected chi connectivity index (χ3v) is 4.89. The third-order valence-electron chi connectivity index (χ3n) is 4.45. The molecule has 1 heterocycles. The van der Waals surface area contributed by atoms with E-state index in [2.05, 4.69) is 10.6 Å². The Kier molecular flexibility index (Phi) is 6.39. The lowest BCUT2D eigenvalue weighted by Gasteiger charge is -2.09. The van der Waals surface area contributed by atoms with Crippen LogP contribution in [0.2, 0.25) is 10.0 Å². The standard InChI is InChI=1S/C16H20Cl2N2O.ClH/c17-12-5-11(6-13(18)7-12)14-8-15(14)16(21)20-4-2-10-1-3-19-9-10;/h5-7,10,14-15,19H,1-4,8-9H2,(H,20,21);1H. The number of hydrogen-bond donors (Lipinski definition) is 2. The smallest absolute Gasteiger partial charge is 0.223 e. The molecule has 3 nitrogen and oxygen atoms in total. The lowest BCUT2D eigenvalue weighted by Crippen LogP contribution is -2.28. The molecule has 2 N–H and O–H groups in total. The number of rotatable bonds is 5. The summed E-state index contributed by atoms with van der Waals surface area (Å²) in [6.07, 6.45) is 3.19. The molecule has 0 bridgehead atoms. The van der Waals surface area contributed by atoms with E-state index in [0.29, 0.717) is 16.0 Å². The Morgan fingerprint density at radius 2 is 2.00 bits per heavy atom. The minimum absolute atomic E-state index is 0. The van der Waals surface area contributed by atoms with Gasteiger partial charge in [0, 0.05) is 22.5 Å². The van der Waals surface area contributed by atoms with E-state index >= 15 is 0 Å². The van der Waals surface area contributed by atoms with Crippen LogP contribution in [-0.2, 0) is 4.79 Å². The van der Waals surface area contributed by atoms with Gasteiger partial charge in [-0.15, -0.1) is 12.4 Å². The predicted molar refractivity (Wildman–Crippen MR) is 93.2 cm³/mol. The number of carbonyl (C=O) groups is 1. The summed E-state index contributed by atoms with van der Waals surface area (Å²) in [6.45, 7) is 2.98. The van der Waals surface area contributed by atoms with Crippen LogP contribution < -0.4 is 10.6 Å². The molecule has 122 valence electrons. The van der Waals surface area contributed by atoms with Crippen molar-refractivity contribution in [3.63, 3.8) is 0 Å². The average molecular weight is 364 g/mol. The summed E-state index contributed by atoms with van der Waals surface area (Å²) in [4.78, 5) is 12.1. The Morgan fingerprint density at radius 3 is 2.64 bits per heavy atom. The lowest BCUT2D eigenvalue weighted by atomic mass is 10.1. The highest BCUT2D eigenvalue weighted by molar-refractivity contribution is 6.34. The van der Waals surface area contributed by atoms with Crippen molar-refractivity contribution in [1.29, 1.82) is 0 Å². The molecule has 1 saturated heterocycles. The van der Waals surface area contributed by atoms with Crippen LogP contribution in [0.4, 0.5) is 0 Å². The fraction of sp³-hybridized carbons (Fsp3) is 0.562. The summed E-state index contributed by atoms with van der Waals surface area (Å²) in [5.74, 6) is 1.24. The van der Waals surface area contributed by atoms with Gasteiger partial charge in [-0.25, -0.2) is 0 Å². The summed E-state index contributed by atoms with van der Waals surface area (Å²) >= 11 is 12.0. The molecular formula is C16H21Cl3N2O. The van der Waals surface area contributed by atoms with E-state index < -0.39 is 0 Å². The first-order chi connectivity index (χ1) is 10.1. The minimum Gasteiger partial charge on any atom is -0.356 e. The van der Waals surface area contributed by atoms with Crippen LogP contribution in [0.5, 0.6) is 0 Å². The van der Waals surface area contributed by atoms with Crippen molar-refractivity contribution in [1.82, 2.24) is 10.6 Å². The highest BCUT2D eigenvalue weighted by Crippen LogP contribution is 2.48. The number of carbonyl (C=O) groups excluding carboxylic acids is 1. The summed E-state index contributed by atoms with van der Waals surface area (Å²) in [5.41, 5.74) is 1.08. The average Bonchev–Trinajstić information content (AvgIpc) is 3.08. The molecule has 3 atom stereocenters. The van der Waals surface area contributed by atoms with E-state index in [0.717, 1.165) is 38.0 Å². The quantitative estimate of drug-likeness (QED) is 0.838. The van der Waals surface area contributed by atoms with Gasteiger partial charge < -0.3 is 10.6 Å². The SMILES string of the molecule is Cl.O=C(NCCC1CCNC1)C1CC1c1cc(Cl)cc(Cl)c1. The number of halogens is 3. The molecule has 0 aromatic heterocycles. The predicted octanol–water partition coefficient (Wildman–Crippen LogP) is 3.63. The number of benzene rings is 1. The maximum atomic E-state index is 12.1. The molecule has 3 unspecified atom stereocenters. The van der Waals surface area contributed by atoms with Crippen LogP contribution in [-0.4, -0.2) is 25.5 Å². The summed E-state index contributed by atoms with van der Waals surface area (Å²) < 4.78 is 0. The van der Waals surface area contributed by atoms with E-state index in [1.54, 1.807) is 6.07 Å². The van der Waals surface area contributed by atoms with Crippen LogP contribution in [0.15, 0.2) is 18.2 Å². The zero-order valence-corrected chi connectivity index (χ0v) is 14.6. The van der Waals surface area contributed by atoms with E-state index in [4.69, 9.17) is 23.2 Å². The zero-order valence-electron chi connectivity index (χ0n) is 12.3. The van der Waals surface area contributed by atoms with Crippen LogP contribution in [0.25, 0.3) is 0 Å². The summed E-state index contributed by atoms with van der Waals surface area (Å²) in [6, 6.07) is 5.55. The molecule has 0 spiro atoms. The van der Waals surface area contributed by atoms with Crippen LogP contribution in [0, 0.1) is 11.8 Å². The van der Waals surface area contributed by atoms with Gasteiger partial charge in [0.15, 0.2) is 0 Å². The molecule has 1 amide bonds. The Hall–Kier alpha value is -0.480.